The second-order valence-electron chi connectivity index (χ2n) is 12.1. The smallest absolute Gasteiger partial charge is 0.263 e. The largest absolute Gasteiger partial charge is 0.396 e. The first-order valence-electron chi connectivity index (χ1n) is 14.9. The highest BCUT2D eigenvalue weighted by Crippen LogP contribution is 2.33. The lowest BCUT2D eigenvalue weighted by Gasteiger charge is -2.34. The summed E-state index contributed by atoms with van der Waals surface area (Å²) >= 11 is 0. The van der Waals surface area contributed by atoms with E-state index < -0.39 is 0 Å². The molecule has 3 aromatic rings. The summed E-state index contributed by atoms with van der Waals surface area (Å²) in [7, 11) is 0. The number of carbonyl (C=O) groups is 1. The molecule has 40 heavy (non-hydrogen) atoms. The van der Waals surface area contributed by atoms with Gasteiger partial charge in [0.15, 0.2) is 5.78 Å². The standard InChI is InChI=1S/C31H40N6O3/c1-19-25-15-32-31(35-29(25)37(24-5-3-4-6-24)30(40)28(19)20(2)39)34-27-12-11-23-17-36(14-13-26(23)33-27)16-21-7-9-22(18-38)10-8-21/h11-12,15,21-22,24,38H,3-10,13-14,16-18H2,1-2H3,(H,32,33,34,35). The SMILES string of the molecule is CC(=O)c1c(C)c2cnc(Nc3ccc4c(n3)CCN(CC3CCC(CO)CC3)C4)nc2n(C2CCCC2)c1=O. The van der Waals surface area contributed by atoms with Crippen molar-refractivity contribution in [3.63, 3.8) is 0 Å². The molecule has 0 atom stereocenters. The zero-order valence-electron chi connectivity index (χ0n) is 23.7. The van der Waals surface area contributed by atoms with Gasteiger partial charge in [-0.2, -0.15) is 4.98 Å². The molecule has 4 heterocycles. The van der Waals surface area contributed by atoms with Gasteiger partial charge in [0.2, 0.25) is 5.95 Å². The Labute approximate surface area is 235 Å². The molecule has 2 fully saturated rings. The number of ketones is 1. The molecular formula is C31H40N6O3. The monoisotopic (exact) mass is 544 g/mol. The van der Waals surface area contributed by atoms with E-state index in [0.717, 1.165) is 81.6 Å². The number of hydrogen-bond donors (Lipinski definition) is 2. The number of anilines is 2. The lowest BCUT2D eigenvalue weighted by molar-refractivity contribution is 0.101. The number of fused-ring (bicyclic) bond motifs is 2. The first-order valence-corrected chi connectivity index (χ1v) is 14.9. The molecule has 6 rings (SSSR count). The van der Waals surface area contributed by atoms with Gasteiger partial charge in [-0.25, -0.2) is 9.97 Å². The van der Waals surface area contributed by atoms with E-state index in [0.29, 0.717) is 35.5 Å². The summed E-state index contributed by atoms with van der Waals surface area (Å²) in [5, 5.41) is 13.4. The van der Waals surface area contributed by atoms with Crippen LogP contribution in [-0.4, -0.2) is 55.0 Å². The summed E-state index contributed by atoms with van der Waals surface area (Å²) in [6.45, 7) is 6.63. The van der Waals surface area contributed by atoms with Gasteiger partial charge in [-0.15, -0.1) is 0 Å². The minimum absolute atomic E-state index is 0.0472. The van der Waals surface area contributed by atoms with E-state index in [9.17, 15) is 14.7 Å². The van der Waals surface area contributed by atoms with Crippen LogP contribution in [0.5, 0.6) is 0 Å². The third-order valence-electron chi connectivity index (χ3n) is 9.36. The molecule has 0 spiro atoms. The highest BCUT2D eigenvalue weighted by atomic mass is 16.3. The fourth-order valence-corrected chi connectivity index (χ4v) is 7.09. The van der Waals surface area contributed by atoms with Gasteiger partial charge in [-0.3, -0.25) is 19.1 Å². The number of aliphatic hydroxyl groups excluding tert-OH is 1. The van der Waals surface area contributed by atoms with E-state index in [-0.39, 0.29) is 22.9 Å². The molecule has 1 aliphatic heterocycles. The molecule has 0 bridgehead atoms. The molecule has 0 aromatic carbocycles. The number of aliphatic hydroxyl groups is 1. The Morgan fingerprint density at radius 1 is 1.07 bits per heavy atom. The molecule has 2 N–H and O–H groups in total. The molecule has 9 heteroatoms. The van der Waals surface area contributed by atoms with Crippen LogP contribution in [0, 0.1) is 18.8 Å². The Bertz CT molecular complexity index is 1470. The fraction of sp³-hybridized carbons (Fsp3) is 0.581. The van der Waals surface area contributed by atoms with E-state index in [1.807, 2.05) is 13.0 Å². The van der Waals surface area contributed by atoms with Gasteiger partial charge in [0.1, 0.15) is 11.5 Å². The highest BCUT2D eigenvalue weighted by molar-refractivity contribution is 5.99. The van der Waals surface area contributed by atoms with Crippen molar-refractivity contribution in [2.75, 3.05) is 25.0 Å². The van der Waals surface area contributed by atoms with Crippen molar-refractivity contribution in [2.45, 2.75) is 84.2 Å². The van der Waals surface area contributed by atoms with Crippen LogP contribution in [0.25, 0.3) is 11.0 Å². The van der Waals surface area contributed by atoms with Crippen LogP contribution in [0.15, 0.2) is 23.1 Å². The van der Waals surface area contributed by atoms with E-state index >= 15 is 0 Å². The van der Waals surface area contributed by atoms with Gasteiger partial charge in [0.05, 0.1) is 5.56 Å². The Morgan fingerprint density at radius 3 is 2.55 bits per heavy atom. The number of nitrogens with zero attached hydrogens (tertiary/aromatic N) is 5. The van der Waals surface area contributed by atoms with Crippen LogP contribution >= 0.6 is 0 Å². The maximum atomic E-state index is 13.5. The predicted molar refractivity (Wildman–Crippen MR) is 155 cm³/mol. The van der Waals surface area contributed by atoms with Gasteiger partial charge < -0.3 is 10.4 Å². The van der Waals surface area contributed by atoms with Crippen LogP contribution in [0.3, 0.4) is 0 Å². The molecular weight excluding hydrogens is 504 g/mol. The van der Waals surface area contributed by atoms with E-state index in [1.165, 1.54) is 25.3 Å². The third-order valence-corrected chi connectivity index (χ3v) is 9.36. The summed E-state index contributed by atoms with van der Waals surface area (Å²) in [6.07, 6.45) is 11.3. The molecule has 0 saturated heterocycles. The lowest BCUT2D eigenvalue weighted by Crippen LogP contribution is -2.36. The number of aryl methyl sites for hydroxylation is 1. The van der Waals surface area contributed by atoms with E-state index in [2.05, 4.69) is 21.3 Å². The van der Waals surface area contributed by atoms with Crippen molar-refractivity contribution >= 4 is 28.6 Å². The van der Waals surface area contributed by atoms with Gasteiger partial charge >= 0.3 is 0 Å². The van der Waals surface area contributed by atoms with Gasteiger partial charge in [0.25, 0.3) is 5.56 Å². The molecule has 9 nitrogen and oxygen atoms in total. The van der Waals surface area contributed by atoms with Crippen molar-refractivity contribution in [3.8, 4) is 0 Å². The summed E-state index contributed by atoms with van der Waals surface area (Å²) in [4.78, 5) is 42.7. The van der Waals surface area contributed by atoms with Gasteiger partial charge in [-0.05, 0) is 81.4 Å². The van der Waals surface area contributed by atoms with Gasteiger partial charge in [0, 0.05) is 56.0 Å². The molecule has 0 radical (unpaired) electrons. The highest BCUT2D eigenvalue weighted by Gasteiger charge is 2.27. The Kier molecular flexibility index (Phi) is 7.68. The summed E-state index contributed by atoms with van der Waals surface area (Å²) < 4.78 is 1.74. The topological polar surface area (TPSA) is 113 Å². The number of pyridine rings is 2. The maximum Gasteiger partial charge on any atom is 0.263 e. The van der Waals surface area contributed by atoms with E-state index in [1.54, 1.807) is 10.8 Å². The molecule has 3 aliphatic rings. The van der Waals surface area contributed by atoms with Crippen molar-refractivity contribution < 1.29 is 9.90 Å². The molecule has 2 aliphatic carbocycles. The molecule has 212 valence electrons. The zero-order chi connectivity index (χ0) is 27.8. The van der Waals surface area contributed by atoms with Crippen molar-refractivity contribution in [3.05, 3.63) is 51.1 Å². The van der Waals surface area contributed by atoms with Crippen LogP contribution in [0.2, 0.25) is 0 Å². The average molecular weight is 545 g/mol. The summed E-state index contributed by atoms with van der Waals surface area (Å²) in [5.41, 5.74) is 3.60. The quantitative estimate of drug-likeness (QED) is 0.411. The minimum Gasteiger partial charge on any atom is -0.396 e. The summed E-state index contributed by atoms with van der Waals surface area (Å²) in [6, 6.07) is 4.18. The lowest BCUT2D eigenvalue weighted by atomic mass is 9.82. The molecule has 2 saturated carbocycles. The van der Waals surface area contributed by atoms with Crippen molar-refractivity contribution in [1.29, 1.82) is 0 Å². The second-order valence-corrected chi connectivity index (χ2v) is 12.1. The van der Waals surface area contributed by atoms with Crippen LogP contribution in [-0.2, 0) is 13.0 Å². The van der Waals surface area contributed by atoms with Crippen LogP contribution in [0.1, 0.15) is 91.5 Å². The summed E-state index contributed by atoms with van der Waals surface area (Å²) in [5.74, 6) is 2.10. The predicted octanol–water partition coefficient (Wildman–Crippen LogP) is 4.71. The molecule has 0 amide bonds. The number of aromatic nitrogens is 4. The number of hydrogen-bond acceptors (Lipinski definition) is 8. The normalized spacial score (nSPS) is 22.0. The average Bonchev–Trinajstić information content (AvgIpc) is 3.48. The molecule has 0 unspecified atom stereocenters. The number of Topliss-reactive ketones (excluding diaryl/α,β-unsaturated/α-hetero) is 1. The van der Waals surface area contributed by atoms with Crippen molar-refractivity contribution in [1.82, 2.24) is 24.4 Å². The Balaban J connectivity index is 1.21. The first-order chi connectivity index (χ1) is 19.4. The fourth-order valence-electron chi connectivity index (χ4n) is 7.09. The Hall–Kier alpha value is -3.17. The minimum atomic E-state index is -0.244. The zero-order valence-corrected chi connectivity index (χ0v) is 23.7. The number of nitrogens with one attached hydrogen (secondary N) is 1. The number of rotatable bonds is 7. The Morgan fingerprint density at radius 2 is 1.82 bits per heavy atom. The van der Waals surface area contributed by atoms with Gasteiger partial charge in [-0.1, -0.05) is 18.9 Å². The third kappa shape index (κ3) is 5.29. The van der Waals surface area contributed by atoms with Crippen LogP contribution < -0.4 is 10.9 Å². The van der Waals surface area contributed by atoms with Crippen molar-refractivity contribution in [2.24, 2.45) is 11.8 Å². The second kappa shape index (κ2) is 11.4. The van der Waals surface area contributed by atoms with E-state index in [4.69, 9.17) is 9.97 Å². The first kappa shape index (κ1) is 27.0. The van der Waals surface area contributed by atoms with Crippen LogP contribution in [0.4, 0.5) is 11.8 Å². The molecule has 3 aromatic heterocycles. The maximum absolute atomic E-state index is 13.5. The number of carbonyl (C=O) groups excluding carboxylic acids is 1.